The van der Waals surface area contributed by atoms with Gasteiger partial charge in [0, 0.05) is 18.6 Å². The minimum Gasteiger partial charge on any atom is -0.381 e. The molecule has 5 heteroatoms. The Morgan fingerprint density at radius 1 is 1.44 bits per heavy atom. The van der Waals surface area contributed by atoms with Gasteiger partial charge in [-0.3, -0.25) is 0 Å². The normalized spacial score (nSPS) is 27.2. The second kappa shape index (κ2) is 4.18. The summed E-state index contributed by atoms with van der Waals surface area (Å²) in [5, 5.41) is 3.85. The molecule has 1 aliphatic rings. The Morgan fingerprint density at radius 2 is 2.06 bits per heavy atom. The van der Waals surface area contributed by atoms with Crippen LogP contribution in [0.5, 0.6) is 0 Å². The molecule has 16 heavy (non-hydrogen) atoms. The first kappa shape index (κ1) is 11.6. The van der Waals surface area contributed by atoms with Crippen LogP contribution >= 0.6 is 11.6 Å². The second-order valence-electron chi connectivity index (χ2n) is 4.70. The fourth-order valence-corrected chi connectivity index (χ4v) is 2.17. The van der Waals surface area contributed by atoms with Crippen LogP contribution in [0.3, 0.4) is 0 Å². The molecule has 0 aromatic carbocycles. The summed E-state index contributed by atoms with van der Waals surface area (Å²) in [6.45, 7) is 4.36. The number of aromatic nitrogens is 2. The Labute approximate surface area is 100 Å². The molecule has 0 saturated heterocycles. The van der Waals surface area contributed by atoms with Gasteiger partial charge in [0.2, 0.25) is 5.95 Å². The maximum Gasteiger partial charge on any atom is 0.222 e. The zero-order valence-electron chi connectivity index (χ0n) is 9.70. The quantitative estimate of drug-likeness (QED) is 0.883. The maximum atomic E-state index is 5.72. The lowest BCUT2D eigenvalue weighted by Gasteiger charge is -2.51. The molecular weight excluding hydrogens is 226 g/mol. The van der Waals surface area contributed by atoms with E-state index in [9.17, 15) is 0 Å². The number of methoxy groups -OCH3 is 1. The van der Waals surface area contributed by atoms with Crippen LogP contribution in [-0.2, 0) is 4.74 Å². The molecule has 2 atom stereocenters. The molecule has 1 aromatic rings. The molecule has 4 nitrogen and oxygen atoms in total. The average Bonchev–Trinajstić information content (AvgIpc) is 2.26. The summed E-state index contributed by atoms with van der Waals surface area (Å²) >= 11 is 5.72. The molecular formula is C11H16ClN3O. The van der Waals surface area contributed by atoms with E-state index in [0.717, 1.165) is 6.42 Å². The van der Waals surface area contributed by atoms with Crippen molar-refractivity contribution < 1.29 is 4.74 Å². The Morgan fingerprint density at radius 3 is 2.56 bits per heavy atom. The van der Waals surface area contributed by atoms with E-state index in [-0.39, 0.29) is 5.41 Å². The standard InChI is InChI=1S/C11H16ClN3O/c1-11(2)8(4-9(11)16-3)15-10-13-5-7(12)6-14-10/h5-6,8-9H,4H2,1-3H3,(H,13,14,15). The first-order chi connectivity index (χ1) is 7.54. The van der Waals surface area contributed by atoms with Gasteiger partial charge in [-0.1, -0.05) is 25.4 Å². The Bertz CT molecular complexity index is 366. The number of hydrogen-bond donors (Lipinski definition) is 1. The van der Waals surface area contributed by atoms with Crippen LogP contribution in [-0.4, -0.2) is 29.2 Å². The van der Waals surface area contributed by atoms with Gasteiger partial charge < -0.3 is 10.1 Å². The Kier molecular flexibility index (Phi) is 3.04. The lowest BCUT2D eigenvalue weighted by molar-refractivity contribution is -0.0796. The molecule has 0 spiro atoms. The number of hydrogen-bond acceptors (Lipinski definition) is 4. The van der Waals surface area contributed by atoms with Crippen LogP contribution < -0.4 is 5.32 Å². The summed E-state index contributed by atoms with van der Waals surface area (Å²) < 4.78 is 5.39. The monoisotopic (exact) mass is 241 g/mol. The maximum absolute atomic E-state index is 5.72. The summed E-state index contributed by atoms with van der Waals surface area (Å²) in [6.07, 6.45) is 4.47. The van der Waals surface area contributed by atoms with Gasteiger partial charge in [-0.2, -0.15) is 0 Å². The molecule has 1 heterocycles. The van der Waals surface area contributed by atoms with Crippen LogP contribution in [0.15, 0.2) is 12.4 Å². The molecule has 1 fully saturated rings. The van der Waals surface area contributed by atoms with Crippen molar-refractivity contribution in [3.63, 3.8) is 0 Å². The molecule has 0 bridgehead atoms. The van der Waals surface area contributed by atoms with Gasteiger partial charge in [-0.05, 0) is 6.42 Å². The number of rotatable bonds is 3. The summed E-state index contributed by atoms with van der Waals surface area (Å²) in [4.78, 5) is 8.24. The Balaban J connectivity index is 1.99. The molecule has 1 saturated carbocycles. The molecule has 0 amide bonds. The largest absolute Gasteiger partial charge is 0.381 e. The summed E-state index contributed by atoms with van der Waals surface area (Å²) in [6, 6.07) is 0.346. The average molecular weight is 242 g/mol. The number of anilines is 1. The van der Waals surface area contributed by atoms with Crippen molar-refractivity contribution >= 4 is 17.5 Å². The van der Waals surface area contributed by atoms with Gasteiger partial charge >= 0.3 is 0 Å². The molecule has 2 rings (SSSR count). The van der Waals surface area contributed by atoms with E-state index in [1.54, 1.807) is 19.5 Å². The number of ether oxygens (including phenoxy) is 1. The van der Waals surface area contributed by atoms with Gasteiger partial charge in [0.05, 0.1) is 23.5 Å². The van der Waals surface area contributed by atoms with Gasteiger partial charge in [0.25, 0.3) is 0 Å². The van der Waals surface area contributed by atoms with Crippen molar-refractivity contribution in [2.24, 2.45) is 5.41 Å². The fourth-order valence-electron chi connectivity index (χ4n) is 2.07. The van der Waals surface area contributed by atoms with Gasteiger partial charge in [-0.15, -0.1) is 0 Å². The third-order valence-corrected chi connectivity index (χ3v) is 3.58. The number of halogens is 1. The van der Waals surface area contributed by atoms with Crippen LogP contribution in [0.25, 0.3) is 0 Å². The van der Waals surface area contributed by atoms with Crippen molar-refractivity contribution in [2.45, 2.75) is 32.4 Å². The molecule has 2 unspecified atom stereocenters. The molecule has 1 N–H and O–H groups in total. The topological polar surface area (TPSA) is 47.0 Å². The predicted molar refractivity (Wildman–Crippen MR) is 63.6 cm³/mol. The van der Waals surface area contributed by atoms with Crippen molar-refractivity contribution in [3.8, 4) is 0 Å². The SMILES string of the molecule is COC1CC(Nc2ncc(Cl)cn2)C1(C)C. The summed E-state index contributed by atoms with van der Waals surface area (Å²) in [5.74, 6) is 0.622. The van der Waals surface area contributed by atoms with E-state index in [2.05, 4.69) is 29.1 Å². The minimum absolute atomic E-state index is 0.109. The van der Waals surface area contributed by atoms with Gasteiger partial charge in [0.1, 0.15) is 0 Å². The summed E-state index contributed by atoms with van der Waals surface area (Å²) in [5.41, 5.74) is 0.109. The number of nitrogens with one attached hydrogen (secondary N) is 1. The fraction of sp³-hybridized carbons (Fsp3) is 0.636. The van der Waals surface area contributed by atoms with E-state index < -0.39 is 0 Å². The summed E-state index contributed by atoms with van der Waals surface area (Å²) in [7, 11) is 1.75. The molecule has 1 aliphatic carbocycles. The highest BCUT2D eigenvalue weighted by Crippen LogP contribution is 2.43. The van der Waals surface area contributed by atoms with E-state index in [1.165, 1.54) is 0 Å². The predicted octanol–water partition coefficient (Wildman–Crippen LogP) is 2.36. The third kappa shape index (κ3) is 1.99. The molecule has 88 valence electrons. The number of nitrogens with zero attached hydrogens (tertiary/aromatic N) is 2. The Hall–Kier alpha value is -0.870. The van der Waals surface area contributed by atoms with E-state index in [0.29, 0.717) is 23.1 Å². The lowest BCUT2D eigenvalue weighted by atomic mass is 9.64. The first-order valence-electron chi connectivity index (χ1n) is 5.31. The van der Waals surface area contributed by atoms with Gasteiger partial charge in [0.15, 0.2) is 0 Å². The van der Waals surface area contributed by atoms with Crippen LogP contribution in [0.4, 0.5) is 5.95 Å². The van der Waals surface area contributed by atoms with E-state index in [4.69, 9.17) is 16.3 Å². The first-order valence-corrected chi connectivity index (χ1v) is 5.68. The highest BCUT2D eigenvalue weighted by atomic mass is 35.5. The lowest BCUT2D eigenvalue weighted by Crippen LogP contribution is -2.57. The van der Waals surface area contributed by atoms with Crippen LogP contribution in [0, 0.1) is 5.41 Å². The van der Waals surface area contributed by atoms with E-state index >= 15 is 0 Å². The van der Waals surface area contributed by atoms with Crippen molar-refractivity contribution in [2.75, 3.05) is 12.4 Å². The third-order valence-electron chi connectivity index (χ3n) is 3.39. The minimum atomic E-state index is 0.109. The van der Waals surface area contributed by atoms with Gasteiger partial charge in [-0.25, -0.2) is 9.97 Å². The zero-order valence-corrected chi connectivity index (χ0v) is 10.5. The van der Waals surface area contributed by atoms with Crippen molar-refractivity contribution in [1.82, 2.24) is 9.97 Å². The van der Waals surface area contributed by atoms with Crippen molar-refractivity contribution in [1.29, 1.82) is 0 Å². The zero-order chi connectivity index (χ0) is 11.8. The molecule has 0 radical (unpaired) electrons. The molecule has 0 aliphatic heterocycles. The van der Waals surface area contributed by atoms with Crippen LogP contribution in [0.2, 0.25) is 5.02 Å². The highest BCUT2D eigenvalue weighted by Gasteiger charge is 2.48. The second-order valence-corrected chi connectivity index (χ2v) is 5.14. The highest BCUT2D eigenvalue weighted by molar-refractivity contribution is 6.30. The smallest absolute Gasteiger partial charge is 0.222 e. The van der Waals surface area contributed by atoms with Crippen molar-refractivity contribution in [3.05, 3.63) is 17.4 Å². The van der Waals surface area contributed by atoms with E-state index in [1.807, 2.05) is 0 Å². The van der Waals surface area contributed by atoms with Crippen LogP contribution in [0.1, 0.15) is 20.3 Å². The molecule has 1 aromatic heterocycles.